The summed E-state index contributed by atoms with van der Waals surface area (Å²) in [5.41, 5.74) is 3.24. The second-order valence-electron chi connectivity index (χ2n) is 7.08. The zero-order chi connectivity index (χ0) is 20.2. The van der Waals surface area contributed by atoms with E-state index in [1.54, 1.807) is 6.92 Å². The standard InChI is InChI=1S/C23H22N2O4/c1-15-21(25-22(29-15)17-9-3-2-4-10-17)23(27)28-14-20(26)24-19-13-7-11-16-8-5-6-12-18(16)19/h2-6,8-10,12,19H,7,11,13-14H2,1H3,(H,24,26). The number of fused-ring (bicyclic) bond motifs is 1. The number of benzene rings is 2. The summed E-state index contributed by atoms with van der Waals surface area (Å²) in [6.07, 6.45) is 2.91. The second-order valence-corrected chi connectivity index (χ2v) is 7.08. The molecule has 0 aliphatic heterocycles. The Morgan fingerprint density at radius 3 is 2.72 bits per heavy atom. The van der Waals surface area contributed by atoms with E-state index in [-0.39, 0.29) is 24.2 Å². The lowest BCUT2D eigenvalue weighted by Gasteiger charge is -2.26. The zero-order valence-electron chi connectivity index (χ0n) is 16.2. The Hall–Kier alpha value is -3.41. The van der Waals surface area contributed by atoms with Crippen molar-refractivity contribution < 1.29 is 18.7 Å². The molecule has 1 aromatic heterocycles. The van der Waals surface area contributed by atoms with Crippen LogP contribution in [-0.2, 0) is 16.0 Å². The molecule has 0 bridgehead atoms. The van der Waals surface area contributed by atoms with E-state index in [1.165, 1.54) is 5.56 Å². The molecular formula is C23H22N2O4. The van der Waals surface area contributed by atoms with Crippen molar-refractivity contribution in [3.05, 3.63) is 77.2 Å². The number of rotatable bonds is 5. The van der Waals surface area contributed by atoms with Crippen LogP contribution in [0.3, 0.4) is 0 Å². The minimum absolute atomic E-state index is 0.0513. The number of oxazole rings is 1. The van der Waals surface area contributed by atoms with Crippen LogP contribution in [0.5, 0.6) is 0 Å². The summed E-state index contributed by atoms with van der Waals surface area (Å²) in [4.78, 5) is 28.9. The molecule has 2 aromatic carbocycles. The molecule has 1 amide bonds. The fourth-order valence-corrected chi connectivity index (χ4v) is 3.63. The first-order chi connectivity index (χ1) is 14.1. The first kappa shape index (κ1) is 18.9. The highest BCUT2D eigenvalue weighted by Crippen LogP contribution is 2.29. The number of amides is 1. The van der Waals surface area contributed by atoms with Gasteiger partial charge in [-0.15, -0.1) is 0 Å². The summed E-state index contributed by atoms with van der Waals surface area (Å²) in [6.45, 7) is 1.29. The Kier molecular flexibility index (Phi) is 5.42. The van der Waals surface area contributed by atoms with Gasteiger partial charge in [-0.2, -0.15) is 0 Å². The van der Waals surface area contributed by atoms with Gasteiger partial charge in [0.15, 0.2) is 12.3 Å². The van der Waals surface area contributed by atoms with Gasteiger partial charge in [-0.3, -0.25) is 4.79 Å². The van der Waals surface area contributed by atoms with Gasteiger partial charge < -0.3 is 14.5 Å². The van der Waals surface area contributed by atoms with Crippen LogP contribution >= 0.6 is 0 Å². The molecule has 0 fully saturated rings. The van der Waals surface area contributed by atoms with E-state index >= 15 is 0 Å². The van der Waals surface area contributed by atoms with Gasteiger partial charge in [-0.05, 0) is 49.4 Å². The van der Waals surface area contributed by atoms with Gasteiger partial charge in [0.2, 0.25) is 5.89 Å². The van der Waals surface area contributed by atoms with Crippen molar-refractivity contribution in [3.63, 3.8) is 0 Å². The van der Waals surface area contributed by atoms with Crippen molar-refractivity contribution in [3.8, 4) is 11.5 Å². The lowest BCUT2D eigenvalue weighted by atomic mass is 9.88. The maximum Gasteiger partial charge on any atom is 0.361 e. The molecule has 148 valence electrons. The third kappa shape index (κ3) is 4.21. The largest absolute Gasteiger partial charge is 0.451 e. The molecule has 0 radical (unpaired) electrons. The molecule has 0 saturated carbocycles. The highest BCUT2D eigenvalue weighted by molar-refractivity contribution is 5.91. The summed E-state index contributed by atoms with van der Waals surface area (Å²) in [5.74, 6) is -0.300. The molecule has 1 aliphatic carbocycles. The predicted molar refractivity (Wildman–Crippen MR) is 107 cm³/mol. The summed E-state index contributed by atoms with van der Waals surface area (Å²) < 4.78 is 10.8. The average Bonchev–Trinajstić information content (AvgIpc) is 3.15. The number of aromatic nitrogens is 1. The zero-order valence-corrected chi connectivity index (χ0v) is 16.2. The highest BCUT2D eigenvalue weighted by atomic mass is 16.5. The SMILES string of the molecule is Cc1oc(-c2ccccc2)nc1C(=O)OCC(=O)NC1CCCc2ccccc21. The average molecular weight is 390 g/mol. The number of ether oxygens (including phenoxy) is 1. The lowest BCUT2D eigenvalue weighted by Crippen LogP contribution is -2.34. The van der Waals surface area contributed by atoms with Crippen LogP contribution in [0.2, 0.25) is 0 Å². The molecule has 0 spiro atoms. The number of nitrogens with zero attached hydrogens (tertiary/aromatic N) is 1. The van der Waals surface area contributed by atoms with E-state index in [4.69, 9.17) is 9.15 Å². The topological polar surface area (TPSA) is 81.4 Å². The summed E-state index contributed by atoms with van der Waals surface area (Å²) >= 11 is 0. The van der Waals surface area contributed by atoms with Crippen LogP contribution in [0.15, 0.2) is 59.0 Å². The monoisotopic (exact) mass is 390 g/mol. The Balaban J connectivity index is 1.37. The first-order valence-corrected chi connectivity index (χ1v) is 9.69. The second kappa shape index (κ2) is 8.31. The van der Waals surface area contributed by atoms with E-state index in [2.05, 4.69) is 16.4 Å². The lowest BCUT2D eigenvalue weighted by molar-refractivity contribution is -0.125. The molecule has 3 aromatic rings. The number of nitrogens with one attached hydrogen (secondary N) is 1. The van der Waals surface area contributed by atoms with E-state index in [0.717, 1.165) is 30.4 Å². The number of hydrogen-bond donors (Lipinski definition) is 1. The van der Waals surface area contributed by atoms with Crippen LogP contribution in [0.25, 0.3) is 11.5 Å². The van der Waals surface area contributed by atoms with Gasteiger partial charge in [-0.1, -0.05) is 42.5 Å². The van der Waals surface area contributed by atoms with Crippen LogP contribution in [-0.4, -0.2) is 23.5 Å². The summed E-state index contributed by atoms with van der Waals surface area (Å²) in [6, 6.07) is 17.4. The molecule has 6 heteroatoms. The Bertz CT molecular complexity index is 1030. The number of hydrogen-bond acceptors (Lipinski definition) is 5. The molecule has 1 heterocycles. The predicted octanol–water partition coefficient (Wildman–Crippen LogP) is 4.00. The highest BCUT2D eigenvalue weighted by Gasteiger charge is 2.23. The van der Waals surface area contributed by atoms with E-state index in [9.17, 15) is 9.59 Å². The van der Waals surface area contributed by atoms with Gasteiger partial charge in [0.25, 0.3) is 5.91 Å². The molecule has 4 rings (SSSR count). The fraction of sp³-hybridized carbons (Fsp3) is 0.261. The molecule has 0 saturated heterocycles. The fourth-order valence-electron chi connectivity index (χ4n) is 3.63. The Labute approximate surface area is 168 Å². The molecule has 1 aliphatic rings. The molecule has 1 N–H and O–H groups in total. The van der Waals surface area contributed by atoms with Crippen LogP contribution in [0, 0.1) is 6.92 Å². The van der Waals surface area contributed by atoms with E-state index < -0.39 is 5.97 Å². The van der Waals surface area contributed by atoms with Crippen LogP contribution in [0.1, 0.15) is 46.3 Å². The quantitative estimate of drug-likeness (QED) is 0.666. The summed E-state index contributed by atoms with van der Waals surface area (Å²) in [7, 11) is 0. The maximum absolute atomic E-state index is 12.4. The molecule has 1 atom stereocenters. The smallest absolute Gasteiger partial charge is 0.361 e. The maximum atomic E-state index is 12.4. The Morgan fingerprint density at radius 2 is 1.90 bits per heavy atom. The number of aryl methyl sites for hydroxylation is 2. The third-order valence-electron chi connectivity index (χ3n) is 5.05. The molecular weight excluding hydrogens is 368 g/mol. The third-order valence-corrected chi connectivity index (χ3v) is 5.05. The van der Waals surface area contributed by atoms with Crippen molar-refractivity contribution in [1.29, 1.82) is 0 Å². The van der Waals surface area contributed by atoms with Crippen LogP contribution in [0.4, 0.5) is 0 Å². The van der Waals surface area contributed by atoms with E-state index in [0.29, 0.717) is 11.7 Å². The normalized spacial score (nSPS) is 15.4. The van der Waals surface area contributed by atoms with Gasteiger partial charge in [0.05, 0.1) is 6.04 Å². The van der Waals surface area contributed by atoms with Crippen molar-refractivity contribution in [2.45, 2.75) is 32.2 Å². The van der Waals surface area contributed by atoms with E-state index in [1.807, 2.05) is 48.5 Å². The van der Waals surface area contributed by atoms with Gasteiger partial charge in [-0.25, -0.2) is 9.78 Å². The Morgan fingerprint density at radius 1 is 1.14 bits per heavy atom. The minimum atomic E-state index is -0.673. The molecule has 1 unspecified atom stereocenters. The van der Waals surface area contributed by atoms with Gasteiger partial charge in [0.1, 0.15) is 5.76 Å². The number of carbonyl (C=O) groups is 2. The summed E-state index contributed by atoms with van der Waals surface area (Å²) in [5, 5.41) is 2.97. The van der Waals surface area contributed by atoms with Crippen molar-refractivity contribution >= 4 is 11.9 Å². The first-order valence-electron chi connectivity index (χ1n) is 9.69. The van der Waals surface area contributed by atoms with Crippen molar-refractivity contribution in [2.24, 2.45) is 0 Å². The van der Waals surface area contributed by atoms with Gasteiger partial charge in [0, 0.05) is 5.56 Å². The van der Waals surface area contributed by atoms with Crippen molar-refractivity contribution in [1.82, 2.24) is 10.3 Å². The number of carbonyl (C=O) groups excluding carboxylic acids is 2. The molecule has 6 nitrogen and oxygen atoms in total. The van der Waals surface area contributed by atoms with Crippen molar-refractivity contribution in [2.75, 3.05) is 6.61 Å². The number of esters is 1. The van der Waals surface area contributed by atoms with Crippen LogP contribution < -0.4 is 5.32 Å². The van der Waals surface area contributed by atoms with Gasteiger partial charge >= 0.3 is 5.97 Å². The molecule has 29 heavy (non-hydrogen) atoms. The minimum Gasteiger partial charge on any atom is -0.451 e.